The lowest BCUT2D eigenvalue weighted by Crippen LogP contribution is -2.12. The second-order valence-electron chi connectivity index (χ2n) is 8.95. The highest BCUT2D eigenvalue weighted by atomic mass is 14.3. The van der Waals surface area contributed by atoms with E-state index in [-0.39, 0.29) is 0 Å². The van der Waals surface area contributed by atoms with Crippen LogP contribution in [0.3, 0.4) is 0 Å². The predicted molar refractivity (Wildman–Crippen MR) is 118 cm³/mol. The molecule has 140 valence electrons. The van der Waals surface area contributed by atoms with E-state index in [1.54, 1.807) is 11.1 Å². The molecule has 2 aliphatic carbocycles. The molecule has 0 radical (unpaired) electrons. The molecule has 5 rings (SSSR count). The van der Waals surface area contributed by atoms with Crippen LogP contribution in [0.15, 0.2) is 42.5 Å². The summed E-state index contributed by atoms with van der Waals surface area (Å²) in [5.41, 5.74) is 4.55. The molecule has 2 saturated carbocycles. The molecule has 0 N–H and O–H groups in total. The smallest absolute Gasteiger partial charge is 0.0179 e. The molecular weight excluding hydrogens is 324 g/mol. The van der Waals surface area contributed by atoms with Gasteiger partial charge < -0.3 is 0 Å². The molecule has 0 unspecified atom stereocenters. The van der Waals surface area contributed by atoms with Crippen LogP contribution in [0.25, 0.3) is 21.5 Å². The molecule has 3 aromatic rings. The van der Waals surface area contributed by atoms with Crippen molar-refractivity contribution < 1.29 is 0 Å². The second-order valence-corrected chi connectivity index (χ2v) is 8.95. The summed E-state index contributed by atoms with van der Waals surface area (Å²) in [6.07, 6.45) is 13.8. The molecule has 2 aliphatic rings. The van der Waals surface area contributed by atoms with Gasteiger partial charge in [0.2, 0.25) is 0 Å². The van der Waals surface area contributed by atoms with E-state index in [1.165, 1.54) is 91.3 Å². The highest BCUT2D eigenvalue weighted by molar-refractivity contribution is 6.01. The fourth-order valence-electron chi connectivity index (χ4n) is 5.82. The molecule has 0 amide bonds. The van der Waals surface area contributed by atoms with Gasteiger partial charge in [0.15, 0.2) is 0 Å². The standard InChI is InChI=1S/C27H31/c1-19-25(20-10-4-2-5-11-20)18-24-16-22-14-8-9-15-23(22)17-26(24)27(19)21-12-6-3-7-13-21/h8-9,14-18,20-21H,1-7,10-13H2/q-1. The molecule has 0 aromatic heterocycles. The van der Waals surface area contributed by atoms with Crippen molar-refractivity contribution in [2.45, 2.75) is 76.0 Å². The minimum atomic E-state index is 0.707. The van der Waals surface area contributed by atoms with Gasteiger partial charge in [-0.2, -0.15) is 12.5 Å². The Balaban J connectivity index is 1.75. The Morgan fingerprint density at radius 1 is 0.630 bits per heavy atom. The van der Waals surface area contributed by atoms with E-state index in [4.69, 9.17) is 6.92 Å². The lowest BCUT2D eigenvalue weighted by atomic mass is 9.75. The quantitative estimate of drug-likeness (QED) is 0.320. The Labute approximate surface area is 164 Å². The first-order chi connectivity index (χ1) is 13.3. The van der Waals surface area contributed by atoms with Crippen LogP contribution in [-0.4, -0.2) is 0 Å². The van der Waals surface area contributed by atoms with Crippen LogP contribution in [0, 0.1) is 6.92 Å². The number of hydrogen-bond acceptors (Lipinski definition) is 0. The molecule has 2 fully saturated rings. The van der Waals surface area contributed by atoms with Crippen molar-refractivity contribution in [3.63, 3.8) is 0 Å². The van der Waals surface area contributed by atoms with Crippen LogP contribution in [0.4, 0.5) is 0 Å². The van der Waals surface area contributed by atoms with Crippen molar-refractivity contribution in [1.29, 1.82) is 0 Å². The van der Waals surface area contributed by atoms with Crippen LogP contribution < -0.4 is 0 Å². The van der Waals surface area contributed by atoms with Crippen molar-refractivity contribution in [2.75, 3.05) is 0 Å². The normalized spacial score (nSPS) is 19.7. The van der Waals surface area contributed by atoms with E-state index >= 15 is 0 Å². The highest BCUT2D eigenvalue weighted by Gasteiger charge is 2.20. The van der Waals surface area contributed by atoms with E-state index in [1.807, 2.05) is 0 Å². The third kappa shape index (κ3) is 3.14. The molecule has 3 aromatic carbocycles. The Morgan fingerprint density at radius 3 is 1.89 bits per heavy atom. The molecule has 0 aliphatic heterocycles. The average molecular weight is 356 g/mol. The van der Waals surface area contributed by atoms with Crippen LogP contribution in [0.5, 0.6) is 0 Å². The van der Waals surface area contributed by atoms with Gasteiger partial charge in [-0.05, 0) is 22.2 Å². The predicted octanol–water partition coefficient (Wildman–Crippen LogP) is 8.27. The molecule has 0 spiro atoms. The zero-order valence-corrected chi connectivity index (χ0v) is 16.5. The first-order valence-corrected chi connectivity index (χ1v) is 11.1. The SMILES string of the molecule is [CH2-]c1c(C2CCCCC2)cc2cc3ccccc3cc2c1C1CCCCC1. The van der Waals surface area contributed by atoms with Gasteiger partial charge in [0.05, 0.1) is 0 Å². The Bertz CT molecular complexity index is 953. The van der Waals surface area contributed by atoms with Gasteiger partial charge in [0, 0.05) is 0 Å². The average Bonchev–Trinajstić information content (AvgIpc) is 2.73. The van der Waals surface area contributed by atoms with Crippen molar-refractivity contribution in [2.24, 2.45) is 0 Å². The topological polar surface area (TPSA) is 0 Å². The Hall–Kier alpha value is -1.95. The summed E-state index contributed by atoms with van der Waals surface area (Å²) in [7, 11) is 0. The summed E-state index contributed by atoms with van der Waals surface area (Å²) < 4.78 is 0. The lowest BCUT2D eigenvalue weighted by Gasteiger charge is -2.36. The Morgan fingerprint density at radius 2 is 1.22 bits per heavy atom. The second kappa shape index (κ2) is 7.23. The largest absolute Gasteiger partial charge is 0.198 e. The Kier molecular flexibility index (Phi) is 4.60. The van der Waals surface area contributed by atoms with Gasteiger partial charge in [-0.3, -0.25) is 0 Å². The molecular formula is C27H31-. The summed E-state index contributed by atoms with van der Waals surface area (Å²) in [5, 5.41) is 5.66. The van der Waals surface area contributed by atoms with Gasteiger partial charge in [-0.25, -0.2) is 0 Å². The first kappa shape index (κ1) is 17.2. The first-order valence-electron chi connectivity index (χ1n) is 11.1. The summed E-state index contributed by atoms with van der Waals surface area (Å²) in [5.74, 6) is 1.43. The molecule has 0 bridgehead atoms. The molecule has 0 heterocycles. The van der Waals surface area contributed by atoms with Gasteiger partial charge in [0.25, 0.3) is 0 Å². The maximum absolute atomic E-state index is 4.70. The third-order valence-electron chi connectivity index (χ3n) is 7.25. The van der Waals surface area contributed by atoms with E-state index < -0.39 is 0 Å². The lowest BCUT2D eigenvalue weighted by molar-refractivity contribution is 0.435. The maximum atomic E-state index is 4.70. The monoisotopic (exact) mass is 355 g/mol. The summed E-state index contributed by atoms with van der Waals surface area (Å²) >= 11 is 0. The maximum Gasteiger partial charge on any atom is -0.0179 e. The zero-order valence-electron chi connectivity index (χ0n) is 16.5. The van der Waals surface area contributed by atoms with Gasteiger partial charge in [0.1, 0.15) is 0 Å². The molecule has 0 heteroatoms. The van der Waals surface area contributed by atoms with Crippen molar-refractivity contribution in [3.8, 4) is 0 Å². The van der Waals surface area contributed by atoms with E-state index in [0.717, 1.165) is 5.92 Å². The molecule has 0 saturated heterocycles. The van der Waals surface area contributed by atoms with Crippen LogP contribution in [-0.2, 0) is 0 Å². The fraction of sp³-hybridized carbons (Fsp3) is 0.444. The number of fused-ring (bicyclic) bond motifs is 2. The minimum Gasteiger partial charge on any atom is -0.198 e. The zero-order chi connectivity index (χ0) is 18.2. The summed E-state index contributed by atoms with van der Waals surface area (Å²) in [4.78, 5) is 0. The molecule has 0 nitrogen and oxygen atoms in total. The summed E-state index contributed by atoms with van der Waals surface area (Å²) in [6, 6.07) is 16.2. The van der Waals surface area contributed by atoms with Gasteiger partial charge in [-0.15, -0.1) is 17.2 Å². The fourth-order valence-corrected chi connectivity index (χ4v) is 5.82. The number of benzene rings is 3. The van der Waals surface area contributed by atoms with Gasteiger partial charge >= 0.3 is 0 Å². The molecule has 27 heavy (non-hydrogen) atoms. The number of rotatable bonds is 2. The van der Waals surface area contributed by atoms with Crippen molar-refractivity contribution >= 4 is 21.5 Å². The van der Waals surface area contributed by atoms with E-state index in [2.05, 4.69) is 42.5 Å². The molecule has 0 atom stereocenters. The van der Waals surface area contributed by atoms with Crippen LogP contribution in [0.1, 0.15) is 92.7 Å². The minimum absolute atomic E-state index is 0.707. The van der Waals surface area contributed by atoms with Crippen LogP contribution >= 0.6 is 0 Å². The van der Waals surface area contributed by atoms with E-state index in [0.29, 0.717) is 5.92 Å². The van der Waals surface area contributed by atoms with E-state index in [9.17, 15) is 0 Å². The third-order valence-corrected chi connectivity index (χ3v) is 7.25. The summed E-state index contributed by atoms with van der Waals surface area (Å²) in [6.45, 7) is 4.70. The highest BCUT2D eigenvalue weighted by Crippen LogP contribution is 2.44. The van der Waals surface area contributed by atoms with Crippen LogP contribution in [0.2, 0.25) is 0 Å². The number of hydrogen-bond donors (Lipinski definition) is 0. The van der Waals surface area contributed by atoms with Crippen molar-refractivity contribution in [3.05, 3.63) is 66.1 Å². The van der Waals surface area contributed by atoms with Crippen molar-refractivity contribution in [1.82, 2.24) is 0 Å². The van der Waals surface area contributed by atoms with Gasteiger partial charge in [-0.1, -0.05) is 112 Å².